The van der Waals surface area contributed by atoms with E-state index >= 15 is 0 Å². The largest absolute Gasteiger partial charge is 0.494 e. The Bertz CT molecular complexity index is 335. The summed E-state index contributed by atoms with van der Waals surface area (Å²) >= 11 is 3.42. The van der Waals surface area contributed by atoms with Crippen molar-refractivity contribution in [1.82, 2.24) is 5.32 Å². The van der Waals surface area contributed by atoms with Gasteiger partial charge in [0, 0.05) is 10.5 Å². The van der Waals surface area contributed by atoms with E-state index in [4.69, 9.17) is 4.74 Å². The molecule has 1 aromatic rings. The Morgan fingerprint density at radius 2 is 1.78 bits per heavy atom. The fourth-order valence-corrected chi connectivity index (χ4v) is 2.16. The maximum Gasteiger partial charge on any atom is 0.119 e. The second-order valence-corrected chi connectivity index (χ2v) is 5.86. The van der Waals surface area contributed by atoms with Gasteiger partial charge in [-0.1, -0.05) is 28.8 Å². The number of hydrogen-bond acceptors (Lipinski definition) is 2. The summed E-state index contributed by atoms with van der Waals surface area (Å²) in [5.41, 5.74) is 0. The lowest BCUT2D eigenvalue weighted by molar-refractivity contribution is 0.304. The Labute approximate surface area is 118 Å². The third kappa shape index (κ3) is 5.87. The summed E-state index contributed by atoms with van der Waals surface area (Å²) in [7, 11) is 0. The van der Waals surface area contributed by atoms with E-state index in [1.807, 2.05) is 24.3 Å². The minimum absolute atomic E-state index is 0.831. The van der Waals surface area contributed by atoms with E-state index in [2.05, 4.69) is 21.2 Å². The SMILES string of the molecule is Brc1ccc(OCCCCCCNC2CC2)cc1. The zero-order valence-corrected chi connectivity index (χ0v) is 12.4. The van der Waals surface area contributed by atoms with Gasteiger partial charge in [0.25, 0.3) is 0 Å². The quantitative estimate of drug-likeness (QED) is 0.692. The lowest BCUT2D eigenvalue weighted by atomic mass is 10.2. The average molecular weight is 312 g/mol. The summed E-state index contributed by atoms with van der Waals surface area (Å²) < 4.78 is 6.77. The van der Waals surface area contributed by atoms with E-state index < -0.39 is 0 Å². The summed E-state index contributed by atoms with van der Waals surface area (Å²) in [6.07, 6.45) is 7.81. The highest BCUT2D eigenvalue weighted by atomic mass is 79.9. The molecule has 0 aliphatic heterocycles. The first-order valence-corrected chi connectivity index (χ1v) is 7.75. The molecule has 2 rings (SSSR count). The van der Waals surface area contributed by atoms with Gasteiger partial charge in [-0.3, -0.25) is 0 Å². The first-order valence-electron chi connectivity index (χ1n) is 6.96. The Morgan fingerprint density at radius 1 is 1.06 bits per heavy atom. The monoisotopic (exact) mass is 311 g/mol. The van der Waals surface area contributed by atoms with Gasteiger partial charge in [-0.25, -0.2) is 0 Å². The van der Waals surface area contributed by atoms with Crippen molar-refractivity contribution in [3.8, 4) is 5.75 Å². The second kappa shape index (κ2) is 7.80. The highest BCUT2D eigenvalue weighted by molar-refractivity contribution is 9.10. The summed E-state index contributed by atoms with van der Waals surface area (Å²) in [4.78, 5) is 0. The molecule has 0 atom stereocenters. The van der Waals surface area contributed by atoms with Crippen molar-refractivity contribution in [3.05, 3.63) is 28.7 Å². The van der Waals surface area contributed by atoms with Crippen LogP contribution in [0.2, 0.25) is 0 Å². The molecule has 0 heterocycles. The van der Waals surface area contributed by atoms with Crippen molar-refractivity contribution in [2.45, 2.75) is 44.6 Å². The fourth-order valence-electron chi connectivity index (χ4n) is 1.90. The molecule has 3 heteroatoms. The molecule has 1 saturated carbocycles. The minimum atomic E-state index is 0.831. The van der Waals surface area contributed by atoms with Gasteiger partial charge < -0.3 is 10.1 Å². The lowest BCUT2D eigenvalue weighted by Gasteiger charge is -2.06. The smallest absolute Gasteiger partial charge is 0.119 e. The summed E-state index contributed by atoms with van der Waals surface area (Å²) in [5.74, 6) is 0.966. The molecule has 1 aliphatic rings. The van der Waals surface area contributed by atoms with Crippen LogP contribution in [0.3, 0.4) is 0 Å². The number of benzene rings is 1. The fraction of sp³-hybridized carbons (Fsp3) is 0.600. The number of unbranched alkanes of at least 4 members (excludes halogenated alkanes) is 3. The Morgan fingerprint density at radius 3 is 2.50 bits per heavy atom. The highest BCUT2D eigenvalue weighted by Crippen LogP contribution is 2.18. The molecule has 1 N–H and O–H groups in total. The van der Waals surface area contributed by atoms with Crippen LogP contribution < -0.4 is 10.1 Å². The molecule has 1 aliphatic carbocycles. The van der Waals surface area contributed by atoms with E-state index in [-0.39, 0.29) is 0 Å². The molecule has 0 bridgehead atoms. The third-order valence-corrected chi connectivity index (χ3v) is 3.69. The van der Waals surface area contributed by atoms with E-state index in [1.165, 1.54) is 38.6 Å². The van der Waals surface area contributed by atoms with Crippen LogP contribution in [0.5, 0.6) is 5.75 Å². The van der Waals surface area contributed by atoms with Gasteiger partial charge in [0.15, 0.2) is 0 Å². The van der Waals surface area contributed by atoms with Crippen LogP contribution >= 0.6 is 15.9 Å². The van der Waals surface area contributed by atoms with E-state index in [0.717, 1.165) is 29.3 Å². The summed E-state index contributed by atoms with van der Waals surface area (Å²) in [6, 6.07) is 8.89. The number of hydrogen-bond donors (Lipinski definition) is 1. The van der Waals surface area contributed by atoms with E-state index in [9.17, 15) is 0 Å². The van der Waals surface area contributed by atoms with Crippen LogP contribution in [0.1, 0.15) is 38.5 Å². The number of halogens is 1. The van der Waals surface area contributed by atoms with Crippen LogP contribution in [0.25, 0.3) is 0 Å². The van der Waals surface area contributed by atoms with E-state index in [0.29, 0.717) is 0 Å². The van der Waals surface area contributed by atoms with Gasteiger partial charge in [0.05, 0.1) is 6.61 Å². The Hall–Kier alpha value is -0.540. The lowest BCUT2D eigenvalue weighted by Crippen LogP contribution is -2.17. The standard InChI is InChI=1S/C15H22BrNO/c16-13-5-9-15(10-6-13)18-12-4-2-1-3-11-17-14-7-8-14/h5-6,9-10,14,17H,1-4,7-8,11-12H2. The summed E-state index contributed by atoms with van der Waals surface area (Å²) in [5, 5.41) is 3.54. The van der Waals surface area contributed by atoms with Crippen molar-refractivity contribution in [2.75, 3.05) is 13.2 Å². The van der Waals surface area contributed by atoms with Crippen molar-refractivity contribution in [1.29, 1.82) is 0 Å². The molecular formula is C15H22BrNO. The molecule has 0 radical (unpaired) electrons. The molecule has 1 aromatic carbocycles. The Kier molecular flexibility index (Phi) is 6.01. The second-order valence-electron chi connectivity index (χ2n) is 4.94. The van der Waals surface area contributed by atoms with Gasteiger partial charge in [0.1, 0.15) is 5.75 Å². The van der Waals surface area contributed by atoms with Crippen LogP contribution in [-0.4, -0.2) is 19.2 Å². The molecule has 0 saturated heterocycles. The molecule has 2 nitrogen and oxygen atoms in total. The van der Waals surface area contributed by atoms with E-state index in [1.54, 1.807) is 0 Å². The highest BCUT2D eigenvalue weighted by Gasteiger charge is 2.19. The maximum absolute atomic E-state index is 5.68. The van der Waals surface area contributed by atoms with Crippen molar-refractivity contribution in [3.63, 3.8) is 0 Å². The van der Waals surface area contributed by atoms with Gasteiger partial charge in [0.2, 0.25) is 0 Å². The maximum atomic E-state index is 5.68. The van der Waals surface area contributed by atoms with Crippen molar-refractivity contribution < 1.29 is 4.74 Å². The van der Waals surface area contributed by atoms with Crippen LogP contribution in [0.15, 0.2) is 28.7 Å². The van der Waals surface area contributed by atoms with Gasteiger partial charge in [-0.2, -0.15) is 0 Å². The molecule has 18 heavy (non-hydrogen) atoms. The number of nitrogens with one attached hydrogen (secondary N) is 1. The Balaban J connectivity index is 1.42. The zero-order chi connectivity index (χ0) is 12.6. The predicted molar refractivity (Wildman–Crippen MR) is 79.1 cm³/mol. The van der Waals surface area contributed by atoms with Gasteiger partial charge in [-0.15, -0.1) is 0 Å². The molecule has 0 amide bonds. The van der Waals surface area contributed by atoms with Crippen LogP contribution in [-0.2, 0) is 0 Å². The average Bonchev–Trinajstić information content (AvgIpc) is 3.19. The normalized spacial score (nSPS) is 14.7. The topological polar surface area (TPSA) is 21.3 Å². The predicted octanol–water partition coefficient (Wildman–Crippen LogP) is 4.14. The number of rotatable bonds is 9. The zero-order valence-electron chi connectivity index (χ0n) is 10.8. The first-order chi connectivity index (χ1) is 8.84. The van der Waals surface area contributed by atoms with Gasteiger partial charge >= 0.3 is 0 Å². The molecule has 0 spiro atoms. The molecule has 1 fully saturated rings. The van der Waals surface area contributed by atoms with Crippen LogP contribution in [0, 0.1) is 0 Å². The minimum Gasteiger partial charge on any atom is -0.494 e. The van der Waals surface area contributed by atoms with Crippen molar-refractivity contribution in [2.24, 2.45) is 0 Å². The summed E-state index contributed by atoms with van der Waals surface area (Å²) in [6.45, 7) is 2.02. The molecular weight excluding hydrogens is 290 g/mol. The first kappa shape index (κ1) is 13.9. The van der Waals surface area contributed by atoms with Crippen LogP contribution in [0.4, 0.5) is 0 Å². The van der Waals surface area contributed by atoms with Gasteiger partial charge in [-0.05, 0) is 56.5 Å². The number of ether oxygens (including phenoxy) is 1. The van der Waals surface area contributed by atoms with Crippen molar-refractivity contribution >= 4 is 15.9 Å². The third-order valence-electron chi connectivity index (χ3n) is 3.16. The molecule has 0 aromatic heterocycles. The molecule has 0 unspecified atom stereocenters. The molecule has 100 valence electrons.